The van der Waals surface area contributed by atoms with E-state index in [1.54, 1.807) is 28.8 Å². The summed E-state index contributed by atoms with van der Waals surface area (Å²) in [6, 6.07) is 19.4. The molecule has 0 aliphatic carbocycles. The fourth-order valence-electron chi connectivity index (χ4n) is 2.43. The summed E-state index contributed by atoms with van der Waals surface area (Å²) in [6.07, 6.45) is 0. The zero-order valence-electron chi connectivity index (χ0n) is 12.3. The van der Waals surface area contributed by atoms with Crippen LogP contribution in [0.4, 0.5) is 4.39 Å². The Labute approximate surface area is 128 Å². The quantitative estimate of drug-likeness (QED) is 0.715. The molecular formula is C19H16FNO. The van der Waals surface area contributed by atoms with Crippen molar-refractivity contribution in [2.75, 3.05) is 0 Å². The Balaban J connectivity index is 2.05. The van der Waals surface area contributed by atoms with Crippen molar-refractivity contribution in [2.45, 2.75) is 13.5 Å². The van der Waals surface area contributed by atoms with Crippen molar-refractivity contribution < 1.29 is 4.39 Å². The van der Waals surface area contributed by atoms with Gasteiger partial charge in [0.25, 0.3) is 5.56 Å². The van der Waals surface area contributed by atoms with E-state index in [2.05, 4.69) is 0 Å². The Kier molecular flexibility index (Phi) is 3.88. The summed E-state index contributed by atoms with van der Waals surface area (Å²) in [6.45, 7) is 2.52. The van der Waals surface area contributed by atoms with E-state index in [0.717, 1.165) is 16.8 Å². The van der Waals surface area contributed by atoms with Gasteiger partial charge in [-0.05, 0) is 48.4 Å². The maximum Gasteiger partial charge on any atom is 0.251 e. The third-order valence-electron chi connectivity index (χ3n) is 3.65. The van der Waals surface area contributed by atoms with Crippen LogP contribution in [0.25, 0.3) is 11.3 Å². The third kappa shape index (κ3) is 2.98. The molecular weight excluding hydrogens is 277 g/mol. The molecule has 0 saturated carbocycles. The van der Waals surface area contributed by atoms with Crippen LogP contribution < -0.4 is 5.56 Å². The van der Waals surface area contributed by atoms with Crippen LogP contribution in [0.2, 0.25) is 0 Å². The SMILES string of the molecule is Cc1ccc(Cn2c(-c3ccc(F)cc3)cccc2=O)cc1. The fourth-order valence-corrected chi connectivity index (χ4v) is 2.43. The van der Waals surface area contributed by atoms with Crippen molar-refractivity contribution in [3.8, 4) is 11.3 Å². The molecule has 0 unspecified atom stereocenters. The van der Waals surface area contributed by atoms with Crippen LogP contribution in [-0.2, 0) is 6.54 Å². The first-order chi connectivity index (χ1) is 10.6. The van der Waals surface area contributed by atoms with Crippen LogP contribution in [0.5, 0.6) is 0 Å². The zero-order valence-corrected chi connectivity index (χ0v) is 12.3. The summed E-state index contributed by atoms with van der Waals surface area (Å²) in [5.74, 6) is -0.285. The van der Waals surface area contributed by atoms with Gasteiger partial charge in [-0.2, -0.15) is 0 Å². The second-order valence-corrected chi connectivity index (χ2v) is 5.33. The standard InChI is InChI=1S/C19H16FNO/c1-14-5-7-15(8-6-14)13-21-18(3-2-4-19(21)22)16-9-11-17(20)12-10-16/h2-12H,13H2,1H3. The number of hydrogen-bond acceptors (Lipinski definition) is 1. The molecule has 2 aromatic carbocycles. The summed E-state index contributed by atoms with van der Waals surface area (Å²) in [7, 11) is 0. The number of aromatic nitrogens is 1. The van der Waals surface area contributed by atoms with Crippen molar-refractivity contribution in [3.63, 3.8) is 0 Å². The molecule has 3 rings (SSSR count). The van der Waals surface area contributed by atoms with Crippen molar-refractivity contribution in [3.05, 3.63) is 94.0 Å². The summed E-state index contributed by atoms with van der Waals surface area (Å²) < 4.78 is 14.8. The van der Waals surface area contributed by atoms with E-state index >= 15 is 0 Å². The van der Waals surface area contributed by atoms with Crippen molar-refractivity contribution in [1.29, 1.82) is 0 Å². The van der Waals surface area contributed by atoms with E-state index in [0.29, 0.717) is 6.54 Å². The summed E-state index contributed by atoms with van der Waals surface area (Å²) in [5, 5.41) is 0. The lowest BCUT2D eigenvalue weighted by Gasteiger charge is -2.13. The Morgan fingerprint density at radius 1 is 0.909 bits per heavy atom. The molecule has 3 aromatic rings. The lowest BCUT2D eigenvalue weighted by molar-refractivity contribution is 0.628. The van der Waals surface area contributed by atoms with Crippen LogP contribution in [0.15, 0.2) is 71.5 Å². The highest BCUT2D eigenvalue weighted by molar-refractivity contribution is 5.59. The van der Waals surface area contributed by atoms with Crippen LogP contribution in [0.1, 0.15) is 11.1 Å². The number of hydrogen-bond donors (Lipinski definition) is 0. The Bertz CT molecular complexity index is 833. The minimum absolute atomic E-state index is 0.0672. The van der Waals surface area contributed by atoms with Crippen LogP contribution in [0, 0.1) is 12.7 Å². The number of aryl methyl sites for hydroxylation is 1. The molecule has 0 fully saturated rings. The Hall–Kier alpha value is -2.68. The van der Waals surface area contributed by atoms with E-state index in [9.17, 15) is 9.18 Å². The van der Waals surface area contributed by atoms with E-state index < -0.39 is 0 Å². The smallest absolute Gasteiger partial charge is 0.251 e. The zero-order chi connectivity index (χ0) is 15.5. The first kappa shape index (κ1) is 14.3. The molecule has 0 spiro atoms. The molecule has 3 heteroatoms. The molecule has 0 saturated heterocycles. The number of rotatable bonds is 3. The predicted molar refractivity (Wildman–Crippen MR) is 86.4 cm³/mol. The predicted octanol–water partition coefficient (Wildman–Crippen LogP) is 4.01. The summed E-state index contributed by atoms with van der Waals surface area (Å²) >= 11 is 0. The van der Waals surface area contributed by atoms with Gasteiger partial charge in [-0.25, -0.2) is 4.39 Å². The van der Waals surface area contributed by atoms with E-state index in [1.807, 2.05) is 37.3 Å². The van der Waals surface area contributed by atoms with Crippen LogP contribution >= 0.6 is 0 Å². The van der Waals surface area contributed by atoms with Crippen LogP contribution in [-0.4, -0.2) is 4.57 Å². The van der Waals surface area contributed by atoms with Gasteiger partial charge in [-0.1, -0.05) is 35.9 Å². The topological polar surface area (TPSA) is 22.0 Å². The van der Waals surface area contributed by atoms with Gasteiger partial charge in [0.05, 0.1) is 12.2 Å². The molecule has 0 N–H and O–H groups in total. The van der Waals surface area contributed by atoms with Crippen molar-refractivity contribution in [1.82, 2.24) is 4.57 Å². The highest BCUT2D eigenvalue weighted by Gasteiger charge is 2.07. The van der Waals surface area contributed by atoms with Crippen molar-refractivity contribution in [2.24, 2.45) is 0 Å². The maximum atomic E-state index is 13.1. The minimum atomic E-state index is -0.285. The lowest BCUT2D eigenvalue weighted by atomic mass is 10.1. The average molecular weight is 293 g/mol. The first-order valence-corrected chi connectivity index (χ1v) is 7.15. The van der Waals surface area contributed by atoms with Gasteiger partial charge in [0.1, 0.15) is 5.82 Å². The average Bonchev–Trinajstić information content (AvgIpc) is 2.52. The van der Waals surface area contributed by atoms with Gasteiger partial charge in [0, 0.05) is 6.07 Å². The minimum Gasteiger partial charge on any atom is -0.304 e. The van der Waals surface area contributed by atoms with E-state index in [1.165, 1.54) is 17.7 Å². The molecule has 0 aliphatic rings. The molecule has 0 radical (unpaired) electrons. The molecule has 1 aromatic heterocycles. The number of halogens is 1. The molecule has 22 heavy (non-hydrogen) atoms. The fraction of sp³-hybridized carbons (Fsp3) is 0.105. The Morgan fingerprint density at radius 3 is 2.27 bits per heavy atom. The number of pyridine rings is 1. The largest absolute Gasteiger partial charge is 0.304 e. The normalized spacial score (nSPS) is 10.6. The lowest BCUT2D eigenvalue weighted by Crippen LogP contribution is -2.21. The highest BCUT2D eigenvalue weighted by atomic mass is 19.1. The number of benzene rings is 2. The van der Waals surface area contributed by atoms with Gasteiger partial charge < -0.3 is 4.57 Å². The molecule has 0 bridgehead atoms. The van der Waals surface area contributed by atoms with Gasteiger partial charge >= 0.3 is 0 Å². The second kappa shape index (κ2) is 5.98. The molecule has 110 valence electrons. The molecule has 0 atom stereocenters. The number of nitrogens with zero attached hydrogens (tertiary/aromatic N) is 1. The van der Waals surface area contributed by atoms with Gasteiger partial charge in [-0.3, -0.25) is 4.79 Å². The summed E-state index contributed by atoms with van der Waals surface area (Å²) in [5.41, 5.74) is 3.78. The van der Waals surface area contributed by atoms with E-state index in [4.69, 9.17) is 0 Å². The summed E-state index contributed by atoms with van der Waals surface area (Å²) in [4.78, 5) is 12.2. The first-order valence-electron chi connectivity index (χ1n) is 7.15. The van der Waals surface area contributed by atoms with Gasteiger partial charge in [0.2, 0.25) is 0 Å². The monoisotopic (exact) mass is 293 g/mol. The van der Waals surface area contributed by atoms with Gasteiger partial charge in [-0.15, -0.1) is 0 Å². The van der Waals surface area contributed by atoms with Gasteiger partial charge in [0.15, 0.2) is 0 Å². The molecule has 0 amide bonds. The molecule has 2 nitrogen and oxygen atoms in total. The molecule has 0 aliphatic heterocycles. The van der Waals surface area contributed by atoms with E-state index in [-0.39, 0.29) is 11.4 Å². The Morgan fingerprint density at radius 2 is 1.59 bits per heavy atom. The third-order valence-corrected chi connectivity index (χ3v) is 3.65. The maximum absolute atomic E-state index is 13.1. The second-order valence-electron chi connectivity index (χ2n) is 5.33. The molecule has 1 heterocycles. The van der Waals surface area contributed by atoms with Crippen LogP contribution in [0.3, 0.4) is 0 Å². The van der Waals surface area contributed by atoms with Crippen molar-refractivity contribution >= 4 is 0 Å². The highest BCUT2D eigenvalue weighted by Crippen LogP contribution is 2.19.